The van der Waals surface area contributed by atoms with E-state index in [4.69, 9.17) is 16.7 Å². The van der Waals surface area contributed by atoms with Crippen LogP contribution < -0.4 is 5.32 Å². The molecule has 0 aliphatic heterocycles. The number of rotatable bonds is 3. The monoisotopic (exact) mass is 367 g/mol. The molecule has 2 rings (SSSR count). The maximum Gasteiger partial charge on any atom is 0.337 e. The van der Waals surface area contributed by atoms with Gasteiger partial charge in [-0.3, -0.25) is 4.79 Å². The third-order valence-electron chi connectivity index (χ3n) is 2.92. The summed E-state index contributed by atoms with van der Waals surface area (Å²) in [6, 6.07) is 9.68. The van der Waals surface area contributed by atoms with Gasteiger partial charge in [-0.05, 0) is 46.6 Å². The van der Waals surface area contributed by atoms with Crippen molar-refractivity contribution in [1.82, 2.24) is 0 Å². The van der Waals surface area contributed by atoms with Crippen LogP contribution in [-0.2, 0) is 0 Å². The largest absolute Gasteiger partial charge is 0.478 e. The lowest BCUT2D eigenvalue weighted by molar-refractivity contribution is 0.0698. The Morgan fingerprint density at radius 2 is 1.76 bits per heavy atom. The SMILES string of the molecule is Cc1cccc(C(=O)Nc2c(Cl)cccc2C(=O)O)c1Br. The van der Waals surface area contributed by atoms with Gasteiger partial charge in [-0.25, -0.2) is 4.79 Å². The van der Waals surface area contributed by atoms with Crippen LogP contribution in [-0.4, -0.2) is 17.0 Å². The van der Waals surface area contributed by atoms with Crippen molar-refractivity contribution >= 4 is 45.1 Å². The van der Waals surface area contributed by atoms with E-state index in [0.29, 0.717) is 10.0 Å². The first-order valence-corrected chi connectivity index (χ1v) is 7.17. The summed E-state index contributed by atoms with van der Waals surface area (Å²) >= 11 is 9.34. The maximum absolute atomic E-state index is 12.3. The van der Waals surface area contributed by atoms with Crippen LogP contribution >= 0.6 is 27.5 Å². The highest BCUT2D eigenvalue weighted by atomic mass is 79.9. The summed E-state index contributed by atoms with van der Waals surface area (Å²) in [5.41, 5.74) is 1.34. The third-order valence-corrected chi connectivity index (χ3v) is 4.29. The molecule has 0 unspecified atom stereocenters. The highest BCUT2D eigenvalue weighted by Gasteiger charge is 2.18. The molecule has 2 aromatic rings. The minimum atomic E-state index is -1.16. The Morgan fingerprint density at radius 3 is 2.43 bits per heavy atom. The first-order chi connectivity index (χ1) is 9.91. The Bertz CT molecular complexity index is 731. The number of carboxylic acids is 1. The average Bonchev–Trinajstić information content (AvgIpc) is 2.43. The molecule has 0 fully saturated rings. The van der Waals surface area contributed by atoms with Crippen molar-refractivity contribution in [3.8, 4) is 0 Å². The van der Waals surface area contributed by atoms with Crippen LogP contribution in [0.3, 0.4) is 0 Å². The zero-order valence-corrected chi connectivity index (χ0v) is 13.3. The van der Waals surface area contributed by atoms with Crippen molar-refractivity contribution < 1.29 is 14.7 Å². The van der Waals surface area contributed by atoms with E-state index in [1.807, 2.05) is 13.0 Å². The van der Waals surface area contributed by atoms with Crippen LogP contribution in [0.15, 0.2) is 40.9 Å². The number of carbonyl (C=O) groups excluding carboxylic acids is 1. The second kappa shape index (κ2) is 6.28. The van der Waals surface area contributed by atoms with Crippen LogP contribution in [0.1, 0.15) is 26.3 Å². The fourth-order valence-corrected chi connectivity index (χ4v) is 2.50. The summed E-state index contributed by atoms with van der Waals surface area (Å²) in [5.74, 6) is -1.59. The molecule has 2 aromatic carbocycles. The van der Waals surface area contributed by atoms with E-state index in [9.17, 15) is 9.59 Å². The number of para-hydroxylation sites is 1. The van der Waals surface area contributed by atoms with Crippen molar-refractivity contribution in [3.63, 3.8) is 0 Å². The molecule has 0 bridgehead atoms. The standard InChI is InChI=1S/C15H11BrClNO3/c1-8-4-2-5-9(12(8)16)14(19)18-13-10(15(20)21)6-3-7-11(13)17/h2-7H,1H3,(H,18,19)(H,20,21). The van der Waals surface area contributed by atoms with E-state index >= 15 is 0 Å². The summed E-state index contributed by atoms with van der Waals surface area (Å²) in [5, 5.41) is 11.9. The van der Waals surface area contributed by atoms with Gasteiger partial charge in [-0.2, -0.15) is 0 Å². The fourth-order valence-electron chi connectivity index (χ4n) is 1.83. The minimum absolute atomic E-state index is 0.0559. The Hall–Kier alpha value is -1.85. The highest BCUT2D eigenvalue weighted by Crippen LogP contribution is 2.28. The zero-order chi connectivity index (χ0) is 15.6. The van der Waals surface area contributed by atoms with Gasteiger partial charge in [0, 0.05) is 4.47 Å². The Kier molecular flexibility index (Phi) is 4.65. The second-order valence-electron chi connectivity index (χ2n) is 4.36. The molecule has 108 valence electrons. The van der Waals surface area contributed by atoms with Gasteiger partial charge in [0.15, 0.2) is 0 Å². The number of halogens is 2. The van der Waals surface area contributed by atoms with Gasteiger partial charge in [0.25, 0.3) is 5.91 Å². The normalized spacial score (nSPS) is 10.2. The summed E-state index contributed by atoms with van der Waals surface area (Å²) in [6.45, 7) is 1.86. The summed E-state index contributed by atoms with van der Waals surface area (Å²) < 4.78 is 0.659. The van der Waals surface area contributed by atoms with E-state index in [2.05, 4.69) is 21.2 Å². The molecule has 1 amide bonds. The fraction of sp³-hybridized carbons (Fsp3) is 0.0667. The van der Waals surface area contributed by atoms with Crippen LogP contribution in [0, 0.1) is 6.92 Å². The van der Waals surface area contributed by atoms with Gasteiger partial charge in [0.05, 0.1) is 21.8 Å². The summed E-state index contributed by atoms with van der Waals surface area (Å²) in [6.07, 6.45) is 0. The third kappa shape index (κ3) is 3.25. The van der Waals surface area contributed by atoms with E-state index in [0.717, 1.165) is 5.56 Å². The first-order valence-electron chi connectivity index (χ1n) is 6.00. The highest BCUT2D eigenvalue weighted by molar-refractivity contribution is 9.10. The molecule has 2 N–H and O–H groups in total. The van der Waals surface area contributed by atoms with Crippen LogP contribution in [0.4, 0.5) is 5.69 Å². The molecule has 0 aliphatic rings. The number of amides is 1. The van der Waals surface area contributed by atoms with Crippen LogP contribution in [0.5, 0.6) is 0 Å². The van der Waals surface area contributed by atoms with Crippen molar-refractivity contribution in [1.29, 1.82) is 0 Å². The molecule has 0 saturated carbocycles. The lowest BCUT2D eigenvalue weighted by Gasteiger charge is -2.12. The lowest BCUT2D eigenvalue weighted by Crippen LogP contribution is -2.16. The predicted molar refractivity (Wildman–Crippen MR) is 85.2 cm³/mol. The number of carboxylic acid groups (broad SMARTS) is 1. The number of hydrogen-bond acceptors (Lipinski definition) is 2. The van der Waals surface area contributed by atoms with Crippen LogP contribution in [0.2, 0.25) is 5.02 Å². The van der Waals surface area contributed by atoms with Crippen molar-refractivity contribution in [2.45, 2.75) is 6.92 Å². The number of benzene rings is 2. The quantitative estimate of drug-likeness (QED) is 0.846. The summed E-state index contributed by atoms with van der Waals surface area (Å²) in [4.78, 5) is 23.5. The molecular formula is C15H11BrClNO3. The van der Waals surface area contributed by atoms with Gasteiger partial charge in [-0.1, -0.05) is 29.8 Å². The molecule has 0 spiro atoms. The van der Waals surface area contributed by atoms with Gasteiger partial charge in [-0.15, -0.1) is 0 Å². The second-order valence-corrected chi connectivity index (χ2v) is 5.56. The van der Waals surface area contributed by atoms with Crippen molar-refractivity contribution in [2.75, 3.05) is 5.32 Å². The topological polar surface area (TPSA) is 66.4 Å². The molecule has 0 aliphatic carbocycles. The minimum Gasteiger partial charge on any atom is -0.478 e. The van der Waals surface area contributed by atoms with E-state index in [1.54, 1.807) is 12.1 Å². The molecule has 0 heterocycles. The average molecular weight is 369 g/mol. The molecule has 0 aromatic heterocycles. The lowest BCUT2D eigenvalue weighted by atomic mass is 10.1. The molecular weight excluding hydrogens is 358 g/mol. The number of nitrogens with one attached hydrogen (secondary N) is 1. The molecule has 0 atom stereocenters. The van der Waals surface area contributed by atoms with Crippen molar-refractivity contribution in [2.24, 2.45) is 0 Å². The number of carbonyl (C=O) groups is 2. The molecule has 6 heteroatoms. The number of aryl methyl sites for hydroxylation is 1. The van der Waals surface area contributed by atoms with Gasteiger partial charge < -0.3 is 10.4 Å². The first kappa shape index (κ1) is 15.5. The molecule has 0 radical (unpaired) electrons. The Labute approximate surface area is 134 Å². The van der Waals surface area contributed by atoms with E-state index in [-0.39, 0.29) is 16.3 Å². The van der Waals surface area contributed by atoms with E-state index < -0.39 is 11.9 Å². The number of hydrogen-bond donors (Lipinski definition) is 2. The van der Waals surface area contributed by atoms with Gasteiger partial charge in [0.1, 0.15) is 0 Å². The predicted octanol–water partition coefficient (Wildman–Crippen LogP) is 4.36. The van der Waals surface area contributed by atoms with Gasteiger partial charge >= 0.3 is 5.97 Å². The number of anilines is 1. The van der Waals surface area contributed by atoms with Crippen molar-refractivity contribution in [3.05, 3.63) is 62.6 Å². The van der Waals surface area contributed by atoms with Gasteiger partial charge in [0.2, 0.25) is 0 Å². The maximum atomic E-state index is 12.3. The molecule has 4 nitrogen and oxygen atoms in total. The van der Waals surface area contributed by atoms with Crippen LogP contribution in [0.25, 0.3) is 0 Å². The Balaban J connectivity index is 2.41. The van der Waals surface area contributed by atoms with E-state index in [1.165, 1.54) is 18.2 Å². The molecule has 21 heavy (non-hydrogen) atoms. The number of aromatic carboxylic acids is 1. The molecule has 0 saturated heterocycles. The summed E-state index contributed by atoms with van der Waals surface area (Å²) in [7, 11) is 0. The zero-order valence-electron chi connectivity index (χ0n) is 11.0. The smallest absolute Gasteiger partial charge is 0.337 e. The Morgan fingerprint density at radius 1 is 1.14 bits per heavy atom.